The van der Waals surface area contributed by atoms with E-state index >= 15 is 0 Å². The van der Waals surface area contributed by atoms with Crippen molar-refractivity contribution in [2.24, 2.45) is 0 Å². The fourth-order valence-electron chi connectivity index (χ4n) is 2.96. The number of esters is 1. The number of rotatable bonds is 10. The normalized spacial score (nSPS) is 11.0. The molecule has 0 saturated heterocycles. The average Bonchev–Trinajstić information content (AvgIpc) is 2.73. The van der Waals surface area contributed by atoms with Gasteiger partial charge in [0, 0.05) is 5.56 Å². The molecule has 0 aliphatic rings. The summed E-state index contributed by atoms with van der Waals surface area (Å²) in [6.45, 7) is 12.7. The number of carbonyl (C=O) groups is 2. The van der Waals surface area contributed by atoms with Crippen LogP contribution in [0.15, 0.2) is 36.4 Å². The highest BCUT2D eigenvalue weighted by atomic mass is 16.5. The van der Waals surface area contributed by atoms with Gasteiger partial charge >= 0.3 is 5.97 Å². The van der Waals surface area contributed by atoms with Crippen LogP contribution >= 0.6 is 0 Å². The van der Waals surface area contributed by atoms with E-state index in [1.165, 1.54) is 0 Å². The Balaban J connectivity index is 2.16. The van der Waals surface area contributed by atoms with Crippen molar-refractivity contribution in [1.82, 2.24) is 0 Å². The van der Waals surface area contributed by atoms with Gasteiger partial charge < -0.3 is 18.9 Å². The summed E-state index contributed by atoms with van der Waals surface area (Å²) in [5.74, 6) is 0.329. The van der Waals surface area contributed by atoms with Crippen molar-refractivity contribution in [2.75, 3.05) is 26.4 Å². The maximum Gasteiger partial charge on any atom is 0.338 e. The van der Waals surface area contributed by atoms with Gasteiger partial charge in [-0.05, 0) is 43.9 Å². The molecule has 0 radical (unpaired) electrons. The molecule has 0 fully saturated rings. The number of Topliss-reactive ketones (excluding diaryl/α,β-unsaturated/α-hetero) is 1. The largest absolute Gasteiger partial charge is 0.490 e. The van der Waals surface area contributed by atoms with E-state index in [9.17, 15) is 9.59 Å². The maximum absolute atomic E-state index is 12.6. The number of hydrogen-bond donors (Lipinski definition) is 0. The first-order valence-electron chi connectivity index (χ1n) is 10.6. The summed E-state index contributed by atoms with van der Waals surface area (Å²) in [6, 6.07) is 10.4. The van der Waals surface area contributed by atoms with E-state index in [-0.39, 0.29) is 23.4 Å². The number of carbonyl (C=O) groups excluding carboxylic acids is 2. The maximum atomic E-state index is 12.6. The third-order valence-corrected chi connectivity index (χ3v) is 4.55. The first kappa shape index (κ1) is 24.3. The highest BCUT2D eigenvalue weighted by molar-refractivity contribution is 5.99. The summed E-state index contributed by atoms with van der Waals surface area (Å²) < 4.78 is 22.2. The van der Waals surface area contributed by atoms with Crippen LogP contribution in [0.5, 0.6) is 17.2 Å². The van der Waals surface area contributed by atoms with E-state index in [4.69, 9.17) is 18.9 Å². The summed E-state index contributed by atoms with van der Waals surface area (Å²) in [7, 11) is 0. The van der Waals surface area contributed by atoms with E-state index < -0.39 is 5.97 Å². The predicted octanol–water partition coefficient (Wildman–Crippen LogP) is 5.22. The van der Waals surface area contributed by atoms with Gasteiger partial charge in [0.05, 0.1) is 25.4 Å². The fraction of sp³-hybridized carbons (Fsp3) is 0.440. The van der Waals surface area contributed by atoms with Crippen LogP contribution in [-0.4, -0.2) is 38.2 Å². The van der Waals surface area contributed by atoms with E-state index in [2.05, 4.69) is 20.8 Å². The Bertz CT molecular complexity index is 866. The van der Waals surface area contributed by atoms with E-state index in [1.807, 2.05) is 32.9 Å². The quantitative estimate of drug-likeness (QED) is 0.382. The number of ketones is 1. The SMILES string of the molecule is CCOc1cc(C(=O)OCC(=O)c2ccc(C(C)(C)C)cc2)cc(OCC)c1OCC. The molecule has 2 rings (SSSR count). The number of hydrogen-bond acceptors (Lipinski definition) is 6. The molecule has 0 N–H and O–H groups in total. The van der Waals surface area contributed by atoms with Gasteiger partial charge in [-0.15, -0.1) is 0 Å². The molecule has 0 spiro atoms. The summed E-state index contributed by atoms with van der Waals surface area (Å²) in [5.41, 5.74) is 1.85. The Morgan fingerprint density at radius 3 is 1.74 bits per heavy atom. The highest BCUT2D eigenvalue weighted by Crippen LogP contribution is 2.39. The summed E-state index contributed by atoms with van der Waals surface area (Å²) in [4.78, 5) is 25.1. The molecule has 0 unspecified atom stereocenters. The monoisotopic (exact) mass is 428 g/mol. The smallest absolute Gasteiger partial charge is 0.338 e. The van der Waals surface area contributed by atoms with Crippen molar-refractivity contribution in [3.63, 3.8) is 0 Å². The van der Waals surface area contributed by atoms with Gasteiger partial charge in [-0.25, -0.2) is 4.79 Å². The molecule has 2 aromatic carbocycles. The lowest BCUT2D eigenvalue weighted by Crippen LogP contribution is -2.16. The first-order chi connectivity index (χ1) is 14.7. The van der Waals surface area contributed by atoms with Gasteiger partial charge in [-0.2, -0.15) is 0 Å². The topological polar surface area (TPSA) is 71.1 Å². The van der Waals surface area contributed by atoms with Crippen LogP contribution in [-0.2, 0) is 10.2 Å². The van der Waals surface area contributed by atoms with Crippen LogP contribution in [0.3, 0.4) is 0 Å². The summed E-state index contributed by atoms with van der Waals surface area (Å²) >= 11 is 0. The molecule has 168 valence electrons. The number of ether oxygens (including phenoxy) is 4. The standard InChI is InChI=1S/C25H32O6/c1-7-28-21-14-18(15-22(29-8-2)23(21)30-9-3)24(27)31-16-20(26)17-10-12-19(13-11-17)25(4,5)6/h10-15H,7-9,16H2,1-6H3. The molecule has 0 aliphatic heterocycles. The van der Waals surface area contributed by atoms with Crippen LogP contribution < -0.4 is 14.2 Å². The molecule has 0 saturated carbocycles. The zero-order valence-electron chi connectivity index (χ0n) is 19.2. The molecule has 6 heteroatoms. The molecule has 0 amide bonds. The van der Waals surface area contributed by atoms with Crippen molar-refractivity contribution >= 4 is 11.8 Å². The molecule has 0 aliphatic carbocycles. The van der Waals surface area contributed by atoms with Crippen LogP contribution in [0.1, 0.15) is 67.8 Å². The lowest BCUT2D eigenvalue weighted by atomic mass is 9.86. The minimum Gasteiger partial charge on any atom is -0.490 e. The average molecular weight is 429 g/mol. The molecule has 6 nitrogen and oxygen atoms in total. The molecule has 31 heavy (non-hydrogen) atoms. The third-order valence-electron chi connectivity index (χ3n) is 4.55. The van der Waals surface area contributed by atoms with Gasteiger partial charge in [0.1, 0.15) is 0 Å². The molecular formula is C25H32O6. The van der Waals surface area contributed by atoms with Crippen molar-refractivity contribution < 1.29 is 28.5 Å². The Morgan fingerprint density at radius 2 is 1.29 bits per heavy atom. The first-order valence-corrected chi connectivity index (χ1v) is 10.6. The highest BCUT2D eigenvalue weighted by Gasteiger charge is 2.20. The van der Waals surface area contributed by atoms with Crippen molar-refractivity contribution in [3.8, 4) is 17.2 Å². The van der Waals surface area contributed by atoms with Crippen LogP contribution in [0.2, 0.25) is 0 Å². The minimum absolute atomic E-state index is 0.00175. The van der Waals surface area contributed by atoms with Gasteiger partial charge in [0.15, 0.2) is 23.9 Å². The van der Waals surface area contributed by atoms with Gasteiger partial charge in [0.25, 0.3) is 0 Å². The summed E-state index contributed by atoms with van der Waals surface area (Å²) in [6.07, 6.45) is 0. The molecule has 2 aromatic rings. The van der Waals surface area contributed by atoms with Gasteiger partial charge in [0.2, 0.25) is 5.75 Å². The molecular weight excluding hydrogens is 396 g/mol. The van der Waals surface area contributed by atoms with Crippen molar-refractivity contribution in [1.29, 1.82) is 0 Å². The van der Waals surface area contributed by atoms with E-state index in [0.717, 1.165) is 5.56 Å². The van der Waals surface area contributed by atoms with Crippen LogP contribution in [0, 0.1) is 0 Å². The molecule has 0 heterocycles. The molecule has 0 atom stereocenters. The van der Waals surface area contributed by atoms with Crippen molar-refractivity contribution in [3.05, 3.63) is 53.1 Å². The van der Waals surface area contributed by atoms with Crippen molar-refractivity contribution in [2.45, 2.75) is 47.0 Å². The third kappa shape index (κ3) is 6.48. The Kier molecular flexibility index (Phi) is 8.48. The lowest BCUT2D eigenvalue weighted by Gasteiger charge is -2.19. The van der Waals surface area contributed by atoms with Crippen LogP contribution in [0.25, 0.3) is 0 Å². The zero-order chi connectivity index (χ0) is 23.0. The van der Waals surface area contributed by atoms with E-state index in [1.54, 1.807) is 24.3 Å². The molecule has 0 aromatic heterocycles. The minimum atomic E-state index is -0.635. The second kappa shape index (κ2) is 10.8. The zero-order valence-corrected chi connectivity index (χ0v) is 19.2. The fourth-order valence-corrected chi connectivity index (χ4v) is 2.96. The second-order valence-corrected chi connectivity index (χ2v) is 7.93. The lowest BCUT2D eigenvalue weighted by molar-refractivity contribution is 0.0474. The predicted molar refractivity (Wildman–Crippen MR) is 120 cm³/mol. The second-order valence-electron chi connectivity index (χ2n) is 7.93. The van der Waals surface area contributed by atoms with Crippen LogP contribution in [0.4, 0.5) is 0 Å². The van der Waals surface area contributed by atoms with Gasteiger partial charge in [-0.1, -0.05) is 45.0 Å². The van der Waals surface area contributed by atoms with Gasteiger partial charge in [-0.3, -0.25) is 4.79 Å². The summed E-state index contributed by atoms with van der Waals surface area (Å²) in [5, 5.41) is 0. The molecule has 0 bridgehead atoms. The van der Waals surface area contributed by atoms with E-state index in [0.29, 0.717) is 42.6 Å². The Hall–Kier alpha value is -3.02. The Morgan fingerprint density at radius 1 is 0.774 bits per heavy atom. The Labute approximate surface area is 184 Å². The number of benzene rings is 2.